The lowest BCUT2D eigenvalue weighted by Gasteiger charge is -2.24. The van der Waals surface area contributed by atoms with Crippen LogP contribution in [0.1, 0.15) is 239 Å². The maximum atomic E-state index is 12.7. The Kier molecular flexibility index (Phi) is 43.8. The lowest BCUT2D eigenvalue weighted by atomic mass is 10.0. The fraction of sp³-hybridized carbons (Fsp3) is 0.902. The maximum Gasteiger partial charge on any atom is 0.472 e. The van der Waals surface area contributed by atoms with Crippen LogP contribution in [0.25, 0.3) is 0 Å². The second kappa shape index (κ2) is 44.6. The summed E-state index contributed by atoms with van der Waals surface area (Å²) in [5.41, 5.74) is 0. The van der Waals surface area contributed by atoms with Gasteiger partial charge in [-0.3, -0.25) is 13.8 Å². The average Bonchev–Trinajstić information content (AvgIpc) is 3.20. The Morgan fingerprint density at radius 3 is 1.42 bits per heavy atom. The molecule has 0 amide bonds. The van der Waals surface area contributed by atoms with Gasteiger partial charge in [-0.2, -0.15) is 0 Å². The number of likely N-dealkylation sites (N-methyl/N-ethyl adjacent to an activating group) is 1. The Hall–Kier alpha value is -1.02. The molecule has 356 valence electrons. The summed E-state index contributed by atoms with van der Waals surface area (Å²) < 4.78 is 35.1. The van der Waals surface area contributed by atoms with Crippen LogP contribution in [-0.2, 0) is 27.9 Å². The van der Waals surface area contributed by atoms with Gasteiger partial charge >= 0.3 is 13.8 Å². The molecule has 0 aromatic rings. The fourth-order valence-electron chi connectivity index (χ4n) is 7.30. The molecule has 0 spiro atoms. The van der Waals surface area contributed by atoms with E-state index in [0.29, 0.717) is 24.1 Å². The predicted octanol–water partition coefficient (Wildman–Crippen LogP) is 15.6. The summed E-state index contributed by atoms with van der Waals surface area (Å²) in [5, 5.41) is 0. The van der Waals surface area contributed by atoms with Crippen molar-refractivity contribution in [2.24, 2.45) is 0 Å². The number of unbranched alkanes of at least 4 members (excludes halogenated alkanes) is 30. The van der Waals surface area contributed by atoms with Crippen molar-refractivity contribution in [1.29, 1.82) is 0 Å². The third kappa shape index (κ3) is 48.0. The molecule has 0 rings (SSSR count). The van der Waals surface area contributed by atoms with E-state index in [9.17, 15) is 14.3 Å². The number of phosphoric ester groups is 1. The van der Waals surface area contributed by atoms with Crippen LogP contribution in [0, 0.1) is 0 Å². The zero-order valence-electron chi connectivity index (χ0n) is 40.5. The van der Waals surface area contributed by atoms with Gasteiger partial charge in [-0.25, -0.2) is 4.57 Å². The van der Waals surface area contributed by atoms with Crippen molar-refractivity contribution in [3.63, 3.8) is 0 Å². The van der Waals surface area contributed by atoms with E-state index in [0.717, 1.165) is 64.2 Å². The first-order chi connectivity index (χ1) is 29.1. The van der Waals surface area contributed by atoms with Crippen LogP contribution < -0.4 is 0 Å². The van der Waals surface area contributed by atoms with E-state index in [1.54, 1.807) is 0 Å². The highest BCUT2D eigenvalue weighted by Gasteiger charge is 2.26. The highest BCUT2D eigenvalue weighted by molar-refractivity contribution is 7.47. The molecule has 0 saturated heterocycles. The normalized spacial score (nSPS) is 13.8. The number of ether oxygens (including phenoxy) is 2. The molecule has 0 aromatic carbocycles. The van der Waals surface area contributed by atoms with E-state index in [-0.39, 0.29) is 25.8 Å². The second-order valence-electron chi connectivity index (χ2n) is 18.6. The van der Waals surface area contributed by atoms with Gasteiger partial charge in [0.15, 0.2) is 0 Å². The van der Waals surface area contributed by atoms with Gasteiger partial charge in [0.2, 0.25) is 0 Å². The highest BCUT2D eigenvalue weighted by Crippen LogP contribution is 2.43. The molecule has 0 fully saturated rings. The molecule has 9 heteroatoms. The quantitative estimate of drug-likeness (QED) is 0.0214. The molecule has 0 aromatic heterocycles. The Morgan fingerprint density at radius 2 is 0.950 bits per heavy atom. The molecule has 0 aliphatic rings. The maximum absolute atomic E-state index is 12.7. The number of esters is 1. The number of hydrogen-bond acceptors (Lipinski definition) is 6. The van der Waals surface area contributed by atoms with Crippen molar-refractivity contribution in [2.45, 2.75) is 245 Å². The first-order valence-corrected chi connectivity index (χ1v) is 27.1. The number of hydrogen-bond donors (Lipinski definition) is 1. The molecule has 0 aliphatic carbocycles. The van der Waals surface area contributed by atoms with Crippen LogP contribution in [0.15, 0.2) is 24.3 Å². The first-order valence-electron chi connectivity index (χ1n) is 25.6. The Morgan fingerprint density at radius 1 is 0.517 bits per heavy atom. The van der Waals surface area contributed by atoms with Gasteiger partial charge in [0, 0.05) is 13.0 Å². The minimum atomic E-state index is -4.28. The van der Waals surface area contributed by atoms with Crippen molar-refractivity contribution >= 4 is 13.8 Å². The number of quaternary nitrogens is 1. The third-order valence-electron chi connectivity index (χ3n) is 11.2. The van der Waals surface area contributed by atoms with Gasteiger partial charge in [0.1, 0.15) is 19.3 Å². The number of nitrogens with zero attached hydrogens (tertiary/aromatic N) is 1. The van der Waals surface area contributed by atoms with Gasteiger partial charge in [-0.15, -0.1) is 0 Å². The number of rotatable bonds is 48. The van der Waals surface area contributed by atoms with E-state index in [2.05, 4.69) is 38.2 Å². The van der Waals surface area contributed by atoms with E-state index in [1.165, 1.54) is 154 Å². The topological polar surface area (TPSA) is 91.3 Å². The molecule has 60 heavy (non-hydrogen) atoms. The second-order valence-corrected chi connectivity index (χ2v) is 20.0. The van der Waals surface area contributed by atoms with Gasteiger partial charge in [0.25, 0.3) is 0 Å². The van der Waals surface area contributed by atoms with Gasteiger partial charge < -0.3 is 18.9 Å². The van der Waals surface area contributed by atoms with E-state index >= 15 is 0 Å². The SMILES string of the molecule is CCC/C=C\C/C=C\CCCCCCCC(=O)OC(COCCCCCCCCCCCCCCCCCCCCCCCCCCC)COP(=O)(O)OCC[N+](C)(C)C. The van der Waals surface area contributed by atoms with Crippen LogP contribution in [0.3, 0.4) is 0 Å². The van der Waals surface area contributed by atoms with Crippen molar-refractivity contribution in [1.82, 2.24) is 0 Å². The Bertz CT molecular complexity index is 1010. The lowest BCUT2D eigenvalue weighted by molar-refractivity contribution is -0.870. The van der Waals surface area contributed by atoms with Gasteiger partial charge in [-0.05, 0) is 38.5 Å². The van der Waals surface area contributed by atoms with E-state index < -0.39 is 13.9 Å². The first kappa shape index (κ1) is 59.0. The molecule has 2 unspecified atom stereocenters. The molecule has 0 bridgehead atoms. The number of carbonyl (C=O) groups excluding carboxylic acids is 1. The third-order valence-corrected chi connectivity index (χ3v) is 12.2. The predicted molar refractivity (Wildman–Crippen MR) is 257 cm³/mol. The molecule has 0 aliphatic heterocycles. The van der Waals surface area contributed by atoms with Crippen LogP contribution in [0.5, 0.6) is 0 Å². The van der Waals surface area contributed by atoms with Crippen LogP contribution in [0.4, 0.5) is 0 Å². The van der Waals surface area contributed by atoms with Gasteiger partial charge in [-0.1, -0.05) is 218 Å². The number of carbonyl (C=O) groups is 1. The van der Waals surface area contributed by atoms with Crippen molar-refractivity contribution in [2.75, 3.05) is 54.1 Å². The molecule has 1 N–H and O–H groups in total. The van der Waals surface area contributed by atoms with Crippen molar-refractivity contribution < 1.29 is 37.3 Å². The molecule has 0 heterocycles. The average molecular weight is 871 g/mol. The summed E-state index contributed by atoms with van der Waals surface area (Å²) in [7, 11) is 1.67. The zero-order chi connectivity index (χ0) is 44.1. The van der Waals surface area contributed by atoms with Crippen LogP contribution in [-0.4, -0.2) is 75.6 Å². The fourth-order valence-corrected chi connectivity index (χ4v) is 8.04. The van der Waals surface area contributed by atoms with Crippen LogP contribution in [0.2, 0.25) is 0 Å². The summed E-state index contributed by atoms with van der Waals surface area (Å²) in [6.07, 6.45) is 52.4. The summed E-state index contributed by atoms with van der Waals surface area (Å²) in [6, 6.07) is 0. The smallest absolute Gasteiger partial charge is 0.457 e. The minimum Gasteiger partial charge on any atom is -0.457 e. The monoisotopic (exact) mass is 871 g/mol. The Labute approximate surface area is 373 Å². The Balaban J connectivity index is 4.02. The summed E-state index contributed by atoms with van der Waals surface area (Å²) in [6.45, 7) is 5.58. The molecule has 8 nitrogen and oxygen atoms in total. The van der Waals surface area contributed by atoms with Crippen molar-refractivity contribution in [3.05, 3.63) is 24.3 Å². The summed E-state index contributed by atoms with van der Waals surface area (Å²) in [5.74, 6) is -0.324. The standard InChI is InChI=1S/C51H100NO7P/c1-6-8-10-12-14-16-18-20-21-22-23-24-25-26-27-28-29-30-31-33-35-37-39-41-43-46-56-48-50(49-58-60(54,55)57-47-45-52(3,4)5)59-51(53)44-42-40-38-36-34-32-19-17-15-13-11-9-7-2/h11,13,17,19,50H,6-10,12,14-16,18,20-49H2,1-5H3/p+1/b13-11-,19-17-. The number of allylic oxidation sites excluding steroid dienone is 4. The molecular formula is C51H101NO7P+. The van der Waals surface area contributed by atoms with Crippen molar-refractivity contribution in [3.8, 4) is 0 Å². The summed E-state index contributed by atoms with van der Waals surface area (Å²) in [4.78, 5) is 22.9. The number of phosphoric acid groups is 1. The van der Waals surface area contributed by atoms with E-state index in [1.807, 2.05) is 21.1 Å². The lowest BCUT2D eigenvalue weighted by Crippen LogP contribution is -2.37. The molecule has 0 saturated carbocycles. The minimum absolute atomic E-state index is 0.0878. The van der Waals surface area contributed by atoms with Gasteiger partial charge in [0.05, 0.1) is 34.4 Å². The van der Waals surface area contributed by atoms with Crippen LogP contribution >= 0.6 is 7.82 Å². The zero-order valence-corrected chi connectivity index (χ0v) is 41.4. The molecule has 0 radical (unpaired) electrons. The highest BCUT2D eigenvalue weighted by atomic mass is 31.2. The molecular weight excluding hydrogens is 770 g/mol. The van der Waals surface area contributed by atoms with E-state index in [4.69, 9.17) is 18.5 Å². The molecule has 2 atom stereocenters. The summed E-state index contributed by atoms with van der Waals surface area (Å²) >= 11 is 0. The largest absolute Gasteiger partial charge is 0.472 e.